The largest absolute Gasteiger partial charge is 0.382 e. The van der Waals surface area contributed by atoms with Crippen molar-refractivity contribution in [1.29, 1.82) is 0 Å². The van der Waals surface area contributed by atoms with Crippen LogP contribution >= 0.6 is 11.6 Å². The Labute approximate surface area is 119 Å². The molecule has 1 N–H and O–H groups in total. The minimum Gasteiger partial charge on any atom is -0.382 e. The van der Waals surface area contributed by atoms with E-state index in [1.807, 2.05) is 6.07 Å². The second-order valence-corrected chi connectivity index (χ2v) is 5.65. The SMILES string of the molecule is CCc1ccc(NC2Cc3ccc(Cl)cc3C2)cc1. The van der Waals surface area contributed by atoms with E-state index in [0.29, 0.717) is 6.04 Å². The zero-order chi connectivity index (χ0) is 13.2. The lowest BCUT2D eigenvalue weighted by atomic mass is 10.1. The van der Waals surface area contributed by atoms with Crippen LogP contribution in [0.1, 0.15) is 23.6 Å². The van der Waals surface area contributed by atoms with Crippen LogP contribution in [0.3, 0.4) is 0 Å². The Morgan fingerprint density at radius 2 is 1.79 bits per heavy atom. The predicted molar refractivity (Wildman–Crippen MR) is 82.1 cm³/mol. The first-order chi connectivity index (χ1) is 9.24. The number of hydrogen-bond acceptors (Lipinski definition) is 1. The highest BCUT2D eigenvalue weighted by Gasteiger charge is 2.21. The summed E-state index contributed by atoms with van der Waals surface area (Å²) in [4.78, 5) is 0. The van der Waals surface area contributed by atoms with E-state index in [4.69, 9.17) is 11.6 Å². The van der Waals surface area contributed by atoms with Crippen LogP contribution in [-0.2, 0) is 19.3 Å². The highest BCUT2D eigenvalue weighted by molar-refractivity contribution is 6.30. The topological polar surface area (TPSA) is 12.0 Å². The normalized spacial score (nSPS) is 17.3. The number of halogens is 1. The van der Waals surface area contributed by atoms with Crippen molar-refractivity contribution >= 4 is 17.3 Å². The fourth-order valence-corrected chi connectivity index (χ4v) is 2.96. The molecular weight excluding hydrogens is 254 g/mol. The summed E-state index contributed by atoms with van der Waals surface area (Å²) >= 11 is 6.04. The van der Waals surface area contributed by atoms with Crippen molar-refractivity contribution in [3.8, 4) is 0 Å². The second kappa shape index (κ2) is 5.26. The van der Waals surface area contributed by atoms with E-state index in [0.717, 1.165) is 24.3 Å². The van der Waals surface area contributed by atoms with Crippen molar-refractivity contribution in [1.82, 2.24) is 0 Å². The van der Waals surface area contributed by atoms with E-state index >= 15 is 0 Å². The lowest BCUT2D eigenvalue weighted by Crippen LogP contribution is -2.19. The molecule has 1 aliphatic carbocycles. The number of fused-ring (bicyclic) bond motifs is 1. The molecule has 0 radical (unpaired) electrons. The van der Waals surface area contributed by atoms with Crippen LogP contribution in [-0.4, -0.2) is 6.04 Å². The smallest absolute Gasteiger partial charge is 0.0408 e. The minimum absolute atomic E-state index is 0.487. The molecule has 0 amide bonds. The van der Waals surface area contributed by atoms with E-state index in [1.54, 1.807) is 0 Å². The third-order valence-electron chi connectivity index (χ3n) is 3.83. The molecule has 2 aromatic rings. The Bertz CT molecular complexity index is 574. The summed E-state index contributed by atoms with van der Waals surface area (Å²) in [5.74, 6) is 0. The van der Waals surface area contributed by atoms with Gasteiger partial charge in [0, 0.05) is 16.8 Å². The highest BCUT2D eigenvalue weighted by Crippen LogP contribution is 2.27. The molecule has 98 valence electrons. The third-order valence-corrected chi connectivity index (χ3v) is 4.07. The van der Waals surface area contributed by atoms with Gasteiger partial charge in [0.2, 0.25) is 0 Å². The fraction of sp³-hybridized carbons (Fsp3) is 0.294. The Kier molecular flexibility index (Phi) is 3.48. The summed E-state index contributed by atoms with van der Waals surface area (Å²) in [5.41, 5.74) is 5.40. The molecule has 0 aliphatic heterocycles. The van der Waals surface area contributed by atoms with Gasteiger partial charge in [-0.15, -0.1) is 0 Å². The van der Waals surface area contributed by atoms with E-state index in [2.05, 4.69) is 48.6 Å². The van der Waals surface area contributed by atoms with Gasteiger partial charge in [0.05, 0.1) is 0 Å². The Morgan fingerprint density at radius 1 is 1.05 bits per heavy atom. The molecule has 0 saturated carbocycles. The summed E-state index contributed by atoms with van der Waals surface area (Å²) in [6.07, 6.45) is 3.24. The van der Waals surface area contributed by atoms with E-state index in [9.17, 15) is 0 Å². The number of aryl methyl sites for hydroxylation is 1. The average molecular weight is 272 g/mol. The molecule has 0 saturated heterocycles. The second-order valence-electron chi connectivity index (χ2n) is 5.21. The van der Waals surface area contributed by atoms with Crippen molar-refractivity contribution in [3.05, 3.63) is 64.2 Å². The van der Waals surface area contributed by atoms with Gasteiger partial charge in [-0.1, -0.05) is 36.7 Å². The van der Waals surface area contributed by atoms with Crippen LogP contribution in [0.15, 0.2) is 42.5 Å². The lowest BCUT2D eigenvalue weighted by Gasteiger charge is -2.13. The molecule has 1 unspecified atom stereocenters. The maximum Gasteiger partial charge on any atom is 0.0408 e. The van der Waals surface area contributed by atoms with Crippen LogP contribution in [0.2, 0.25) is 5.02 Å². The fourth-order valence-electron chi connectivity index (χ4n) is 2.76. The zero-order valence-electron chi connectivity index (χ0n) is 11.1. The number of rotatable bonds is 3. The Balaban J connectivity index is 1.69. The van der Waals surface area contributed by atoms with Gasteiger partial charge in [0.25, 0.3) is 0 Å². The Morgan fingerprint density at radius 3 is 2.53 bits per heavy atom. The first-order valence-corrected chi connectivity index (χ1v) is 7.25. The molecule has 0 heterocycles. The maximum absolute atomic E-state index is 6.04. The number of hydrogen-bond donors (Lipinski definition) is 1. The van der Waals surface area contributed by atoms with Crippen LogP contribution in [0.5, 0.6) is 0 Å². The van der Waals surface area contributed by atoms with E-state index in [1.165, 1.54) is 22.4 Å². The van der Waals surface area contributed by atoms with Crippen LogP contribution in [0.25, 0.3) is 0 Å². The van der Waals surface area contributed by atoms with Gasteiger partial charge >= 0.3 is 0 Å². The molecule has 19 heavy (non-hydrogen) atoms. The lowest BCUT2D eigenvalue weighted by molar-refractivity contribution is 0.774. The number of benzene rings is 2. The van der Waals surface area contributed by atoms with Crippen molar-refractivity contribution in [2.45, 2.75) is 32.2 Å². The quantitative estimate of drug-likeness (QED) is 0.868. The summed E-state index contributed by atoms with van der Waals surface area (Å²) in [5, 5.41) is 4.46. The third kappa shape index (κ3) is 2.76. The first kappa shape index (κ1) is 12.6. The molecule has 2 heteroatoms. The van der Waals surface area contributed by atoms with Crippen molar-refractivity contribution in [2.75, 3.05) is 5.32 Å². The van der Waals surface area contributed by atoms with Crippen molar-refractivity contribution in [2.24, 2.45) is 0 Å². The van der Waals surface area contributed by atoms with Gasteiger partial charge in [-0.25, -0.2) is 0 Å². The van der Waals surface area contributed by atoms with Crippen LogP contribution in [0.4, 0.5) is 5.69 Å². The molecule has 1 nitrogen and oxygen atoms in total. The summed E-state index contributed by atoms with van der Waals surface area (Å²) < 4.78 is 0. The van der Waals surface area contributed by atoms with Gasteiger partial charge in [-0.2, -0.15) is 0 Å². The maximum atomic E-state index is 6.04. The van der Waals surface area contributed by atoms with Gasteiger partial charge in [0.1, 0.15) is 0 Å². The summed E-state index contributed by atoms with van der Waals surface area (Å²) in [6, 6.07) is 15.5. The van der Waals surface area contributed by atoms with E-state index < -0.39 is 0 Å². The molecule has 0 bridgehead atoms. The minimum atomic E-state index is 0.487. The first-order valence-electron chi connectivity index (χ1n) is 6.87. The number of anilines is 1. The molecule has 0 fully saturated rings. The molecule has 0 spiro atoms. The molecule has 1 aliphatic rings. The van der Waals surface area contributed by atoms with E-state index in [-0.39, 0.29) is 0 Å². The molecule has 1 atom stereocenters. The van der Waals surface area contributed by atoms with Crippen molar-refractivity contribution < 1.29 is 0 Å². The van der Waals surface area contributed by atoms with Crippen LogP contribution in [0, 0.1) is 0 Å². The summed E-state index contributed by atoms with van der Waals surface area (Å²) in [6.45, 7) is 2.18. The van der Waals surface area contributed by atoms with Gasteiger partial charge in [-0.3, -0.25) is 0 Å². The average Bonchev–Trinajstić information content (AvgIpc) is 2.81. The predicted octanol–water partition coefficient (Wildman–Crippen LogP) is 4.48. The Hall–Kier alpha value is -1.47. The number of nitrogens with one attached hydrogen (secondary N) is 1. The monoisotopic (exact) mass is 271 g/mol. The van der Waals surface area contributed by atoms with Gasteiger partial charge in [-0.05, 0) is 60.2 Å². The molecule has 3 rings (SSSR count). The summed E-state index contributed by atoms with van der Waals surface area (Å²) in [7, 11) is 0. The van der Waals surface area contributed by atoms with Gasteiger partial charge in [0.15, 0.2) is 0 Å². The standard InChI is InChI=1S/C17H18ClN/c1-2-12-3-7-16(8-4-12)19-17-10-13-5-6-15(18)9-14(13)11-17/h3-9,17,19H,2,10-11H2,1H3. The van der Waals surface area contributed by atoms with Gasteiger partial charge < -0.3 is 5.32 Å². The van der Waals surface area contributed by atoms with Crippen molar-refractivity contribution in [3.63, 3.8) is 0 Å². The molecule has 2 aromatic carbocycles. The van der Waals surface area contributed by atoms with Crippen LogP contribution < -0.4 is 5.32 Å². The molecular formula is C17H18ClN. The molecule has 0 aromatic heterocycles. The highest BCUT2D eigenvalue weighted by atomic mass is 35.5. The zero-order valence-corrected chi connectivity index (χ0v) is 11.9.